The SMILES string of the molecule is OCc1cccc(Cc2cc3cncnc3n2CCc2ccc(Cl)cc2)c1. The summed E-state index contributed by atoms with van der Waals surface area (Å²) in [4.78, 5) is 8.65. The first-order valence-electron chi connectivity index (χ1n) is 8.94. The minimum atomic E-state index is 0.0544. The van der Waals surface area contributed by atoms with Crippen molar-refractivity contribution in [3.63, 3.8) is 0 Å². The van der Waals surface area contributed by atoms with E-state index in [9.17, 15) is 5.11 Å². The lowest BCUT2D eigenvalue weighted by molar-refractivity contribution is 0.281. The van der Waals surface area contributed by atoms with Gasteiger partial charge in [0.25, 0.3) is 0 Å². The number of aryl methyl sites for hydroxylation is 2. The Kier molecular flexibility index (Phi) is 5.19. The molecule has 0 bridgehead atoms. The van der Waals surface area contributed by atoms with E-state index in [1.165, 1.54) is 16.8 Å². The summed E-state index contributed by atoms with van der Waals surface area (Å²) in [7, 11) is 0. The van der Waals surface area contributed by atoms with Gasteiger partial charge in [0, 0.05) is 35.3 Å². The number of nitrogens with zero attached hydrogens (tertiary/aromatic N) is 3. The molecule has 0 aliphatic heterocycles. The highest BCUT2D eigenvalue weighted by Crippen LogP contribution is 2.21. The lowest BCUT2D eigenvalue weighted by Crippen LogP contribution is -2.07. The molecule has 0 radical (unpaired) electrons. The molecule has 0 atom stereocenters. The minimum Gasteiger partial charge on any atom is -0.392 e. The van der Waals surface area contributed by atoms with Gasteiger partial charge >= 0.3 is 0 Å². The zero-order chi connectivity index (χ0) is 18.6. The predicted molar refractivity (Wildman–Crippen MR) is 108 cm³/mol. The molecule has 0 fully saturated rings. The second-order valence-corrected chi connectivity index (χ2v) is 7.06. The van der Waals surface area contributed by atoms with Crippen molar-refractivity contribution in [1.82, 2.24) is 14.5 Å². The van der Waals surface area contributed by atoms with Crippen LogP contribution in [0, 0.1) is 0 Å². The van der Waals surface area contributed by atoms with Gasteiger partial charge < -0.3 is 9.67 Å². The molecule has 0 unspecified atom stereocenters. The first kappa shape index (κ1) is 17.7. The number of benzene rings is 2. The van der Waals surface area contributed by atoms with Crippen LogP contribution in [0.5, 0.6) is 0 Å². The third-order valence-electron chi connectivity index (χ3n) is 4.74. The van der Waals surface area contributed by atoms with Gasteiger partial charge in [0.1, 0.15) is 12.0 Å². The van der Waals surface area contributed by atoms with E-state index in [1.807, 2.05) is 36.5 Å². The highest BCUT2D eigenvalue weighted by molar-refractivity contribution is 6.30. The fourth-order valence-corrected chi connectivity index (χ4v) is 3.52. The zero-order valence-corrected chi connectivity index (χ0v) is 15.6. The van der Waals surface area contributed by atoms with Crippen molar-refractivity contribution in [2.75, 3.05) is 0 Å². The largest absolute Gasteiger partial charge is 0.392 e. The Morgan fingerprint density at radius 1 is 0.963 bits per heavy atom. The molecule has 5 heteroatoms. The summed E-state index contributed by atoms with van der Waals surface area (Å²) in [5.41, 5.74) is 5.48. The van der Waals surface area contributed by atoms with Gasteiger partial charge in [0.2, 0.25) is 0 Å². The quantitative estimate of drug-likeness (QED) is 0.541. The summed E-state index contributed by atoms with van der Waals surface area (Å²) >= 11 is 5.99. The van der Waals surface area contributed by atoms with Crippen LogP contribution in [0.1, 0.15) is 22.4 Å². The third kappa shape index (κ3) is 4.02. The Bertz CT molecular complexity index is 1060. The van der Waals surface area contributed by atoms with Gasteiger partial charge in [-0.05, 0) is 41.3 Å². The van der Waals surface area contributed by atoms with Crippen LogP contribution in [0.3, 0.4) is 0 Å². The van der Waals surface area contributed by atoms with Crippen molar-refractivity contribution in [3.8, 4) is 0 Å². The fourth-order valence-electron chi connectivity index (χ4n) is 3.39. The number of hydrogen-bond acceptors (Lipinski definition) is 3. The maximum absolute atomic E-state index is 9.39. The van der Waals surface area contributed by atoms with Crippen molar-refractivity contribution in [2.24, 2.45) is 0 Å². The van der Waals surface area contributed by atoms with E-state index < -0.39 is 0 Å². The molecule has 0 spiro atoms. The Morgan fingerprint density at radius 2 is 1.78 bits per heavy atom. The molecule has 1 N–H and O–H groups in total. The summed E-state index contributed by atoms with van der Waals surface area (Å²) < 4.78 is 2.26. The Morgan fingerprint density at radius 3 is 2.59 bits per heavy atom. The molecule has 27 heavy (non-hydrogen) atoms. The van der Waals surface area contributed by atoms with Gasteiger partial charge in [0.15, 0.2) is 0 Å². The van der Waals surface area contributed by atoms with Crippen LogP contribution >= 0.6 is 11.6 Å². The van der Waals surface area contributed by atoms with E-state index in [4.69, 9.17) is 11.6 Å². The van der Waals surface area contributed by atoms with Gasteiger partial charge in [-0.25, -0.2) is 9.97 Å². The van der Waals surface area contributed by atoms with Crippen molar-refractivity contribution in [3.05, 3.63) is 94.5 Å². The van der Waals surface area contributed by atoms with Crippen molar-refractivity contribution in [2.45, 2.75) is 26.0 Å². The molecule has 4 aromatic rings. The molecule has 0 saturated heterocycles. The van der Waals surface area contributed by atoms with E-state index in [2.05, 4.69) is 38.8 Å². The number of aliphatic hydroxyl groups excluding tert-OH is 1. The number of aliphatic hydroxyl groups is 1. The zero-order valence-electron chi connectivity index (χ0n) is 14.8. The molecule has 4 rings (SSSR count). The molecule has 2 aromatic carbocycles. The van der Waals surface area contributed by atoms with E-state index in [0.29, 0.717) is 0 Å². The monoisotopic (exact) mass is 377 g/mol. The molecule has 0 aliphatic rings. The topological polar surface area (TPSA) is 50.9 Å². The van der Waals surface area contributed by atoms with Crippen LogP contribution < -0.4 is 0 Å². The van der Waals surface area contributed by atoms with Gasteiger partial charge in [-0.2, -0.15) is 0 Å². The maximum atomic E-state index is 9.39. The van der Waals surface area contributed by atoms with Crippen molar-refractivity contribution in [1.29, 1.82) is 0 Å². The average molecular weight is 378 g/mol. The van der Waals surface area contributed by atoms with Crippen molar-refractivity contribution >= 4 is 22.6 Å². The molecular weight excluding hydrogens is 358 g/mol. The van der Waals surface area contributed by atoms with Crippen molar-refractivity contribution < 1.29 is 5.11 Å². The van der Waals surface area contributed by atoms with Crippen LogP contribution in [-0.4, -0.2) is 19.6 Å². The highest BCUT2D eigenvalue weighted by atomic mass is 35.5. The molecule has 4 nitrogen and oxygen atoms in total. The second-order valence-electron chi connectivity index (χ2n) is 6.62. The maximum Gasteiger partial charge on any atom is 0.143 e. The molecule has 2 heterocycles. The van der Waals surface area contributed by atoms with Crippen LogP contribution in [0.25, 0.3) is 11.0 Å². The van der Waals surface area contributed by atoms with Gasteiger partial charge in [0.05, 0.1) is 6.61 Å². The van der Waals surface area contributed by atoms with E-state index in [1.54, 1.807) is 6.33 Å². The first-order valence-corrected chi connectivity index (χ1v) is 9.32. The summed E-state index contributed by atoms with van der Waals surface area (Å²) in [6.45, 7) is 0.885. The standard InChI is InChI=1S/C22H20ClN3O/c23-20-6-4-16(5-7-20)8-9-26-21(12-19-13-24-15-25-22(19)26)11-17-2-1-3-18(10-17)14-27/h1-7,10,12-13,15,27H,8-9,11,14H2. The first-order chi connectivity index (χ1) is 13.2. The Hall–Kier alpha value is -2.69. The highest BCUT2D eigenvalue weighted by Gasteiger charge is 2.11. The van der Waals surface area contributed by atoms with Crippen LogP contribution in [0.15, 0.2) is 67.1 Å². The molecule has 2 aromatic heterocycles. The molecule has 136 valence electrons. The summed E-state index contributed by atoms with van der Waals surface area (Å²) in [5.74, 6) is 0. The number of fused-ring (bicyclic) bond motifs is 1. The van der Waals surface area contributed by atoms with E-state index >= 15 is 0 Å². The number of hydrogen-bond donors (Lipinski definition) is 1. The molecule has 0 saturated carbocycles. The Balaban J connectivity index is 1.65. The summed E-state index contributed by atoms with van der Waals surface area (Å²) in [5, 5.41) is 11.2. The van der Waals surface area contributed by atoms with Crippen LogP contribution in [0.2, 0.25) is 5.02 Å². The van der Waals surface area contributed by atoms with Gasteiger partial charge in [-0.1, -0.05) is 48.0 Å². The number of halogens is 1. The minimum absolute atomic E-state index is 0.0544. The fraction of sp³-hybridized carbons (Fsp3) is 0.182. The predicted octanol–water partition coefficient (Wildman–Crippen LogP) is 4.41. The lowest BCUT2D eigenvalue weighted by Gasteiger charge is -2.11. The average Bonchev–Trinajstić information content (AvgIpc) is 3.04. The lowest BCUT2D eigenvalue weighted by atomic mass is 10.1. The van der Waals surface area contributed by atoms with Gasteiger partial charge in [-0.15, -0.1) is 0 Å². The normalized spacial score (nSPS) is 11.2. The van der Waals surface area contributed by atoms with E-state index in [0.717, 1.165) is 41.0 Å². The summed E-state index contributed by atoms with van der Waals surface area (Å²) in [6, 6.07) is 18.2. The third-order valence-corrected chi connectivity index (χ3v) is 4.99. The molecule has 0 aliphatic carbocycles. The summed E-state index contributed by atoms with van der Waals surface area (Å²) in [6.07, 6.45) is 5.13. The smallest absolute Gasteiger partial charge is 0.143 e. The van der Waals surface area contributed by atoms with Crippen LogP contribution in [0.4, 0.5) is 0 Å². The van der Waals surface area contributed by atoms with E-state index in [-0.39, 0.29) is 6.61 Å². The number of aromatic nitrogens is 3. The van der Waals surface area contributed by atoms with Crippen LogP contribution in [-0.2, 0) is 26.0 Å². The van der Waals surface area contributed by atoms with Gasteiger partial charge in [-0.3, -0.25) is 0 Å². The molecular formula is C22H20ClN3O. The number of rotatable bonds is 6. The molecule has 0 amide bonds. The second kappa shape index (κ2) is 7.91. The Labute approximate surface area is 163 Å².